The van der Waals surface area contributed by atoms with Crippen LogP contribution < -0.4 is 14.8 Å². The number of nitrogens with zero attached hydrogens (tertiary/aromatic N) is 1. The first-order valence-corrected chi connectivity index (χ1v) is 11.6. The van der Waals surface area contributed by atoms with Gasteiger partial charge < -0.3 is 19.8 Å². The summed E-state index contributed by atoms with van der Waals surface area (Å²) in [7, 11) is 1.53. The van der Waals surface area contributed by atoms with Gasteiger partial charge in [-0.15, -0.1) is 0 Å². The summed E-state index contributed by atoms with van der Waals surface area (Å²) in [5.74, 6) is 1.65. The number of para-hydroxylation sites is 2. The van der Waals surface area contributed by atoms with Crippen LogP contribution in [0.2, 0.25) is 0 Å². The molecular formula is C28H29N3O4. The van der Waals surface area contributed by atoms with Gasteiger partial charge in [-0.3, -0.25) is 9.59 Å². The van der Waals surface area contributed by atoms with E-state index in [1.807, 2.05) is 54.6 Å². The van der Waals surface area contributed by atoms with Crippen LogP contribution >= 0.6 is 0 Å². The second-order valence-corrected chi connectivity index (χ2v) is 8.32. The maximum atomic E-state index is 12.8. The Labute approximate surface area is 204 Å². The summed E-state index contributed by atoms with van der Waals surface area (Å²) in [6.07, 6.45) is 1.46. The largest absolute Gasteiger partial charge is 0.493 e. The van der Waals surface area contributed by atoms with Gasteiger partial charge >= 0.3 is 0 Å². The number of amides is 1. The molecule has 180 valence electrons. The summed E-state index contributed by atoms with van der Waals surface area (Å²) < 4.78 is 11.1. The zero-order chi connectivity index (χ0) is 24.6. The highest BCUT2D eigenvalue weighted by Gasteiger charge is 2.19. The van der Waals surface area contributed by atoms with Crippen molar-refractivity contribution in [1.82, 2.24) is 15.3 Å². The number of ketones is 1. The lowest BCUT2D eigenvalue weighted by atomic mass is 10.1. The smallest absolute Gasteiger partial charge is 0.220 e. The molecule has 4 rings (SSSR count). The number of ether oxygens (including phenoxy) is 2. The molecule has 4 aromatic rings. The Hall–Kier alpha value is -4.13. The lowest BCUT2D eigenvalue weighted by Gasteiger charge is -2.17. The molecule has 1 heterocycles. The number of imidazole rings is 1. The third-order valence-electron chi connectivity index (χ3n) is 5.73. The van der Waals surface area contributed by atoms with E-state index in [-0.39, 0.29) is 17.7 Å². The minimum Gasteiger partial charge on any atom is -0.493 e. The maximum absolute atomic E-state index is 12.8. The molecule has 0 aliphatic heterocycles. The maximum Gasteiger partial charge on any atom is 0.220 e. The number of hydrogen-bond donors (Lipinski definition) is 2. The number of aromatic amines is 1. The minimum absolute atomic E-state index is 0.0407. The Morgan fingerprint density at radius 3 is 2.51 bits per heavy atom. The fourth-order valence-electron chi connectivity index (χ4n) is 3.89. The molecule has 0 unspecified atom stereocenters. The Balaban J connectivity index is 1.37. The van der Waals surface area contributed by atoms with Crippen LogP contribution in [0.3, 0.4) is 0 Å². The van der Waals surface area contributed by atoms with E-state index in [9.17, 15) is 9.59 Å². The molecule has 0 radical (unpaired) electrons. The van der Waals surface area contributed by atoms with E-state index in [4.69, 9.17) is 14.5 Å². The number of benzene rings is 3. The molecule has 0 bridgehead atoms. The topological polar surface area (TPSA) is 93.3 Å². The first kappa shape index (κ1) is 24.0. The van der Waals surface area contributed by atoms with Gasteiger partial charge in [-0.2, -0.15) is 0 Å². The number of H-pyrrole nitrogens is 1. The van der Waals surface area contributed by atoms with E-state index in [0.717, 1.165) is 22.4 Å². The number of rotatable bonds is 11. The molecule has 0 spiro atoms. The molecular weight excluding hydrogens is 442 g/mol. The van der Waals surface area contributed by atoms with Crippen molar-refractivity contribution in [2.75, 3.05) is 13.7 Å². The van der Waals surface area contributed by atoms with Gasteiger partial charge in [0.1, 0.15) is 5.82 Å². The van der Waals surface area contributed by atoms with Crippen molar-refractivity contribution in [3.8, 4) is 11.5 Å². The second-order valence-electron chi connectivity index (χ2n) is 8.32. The quantitative estimate of drug-likeness (QED) is 0.236. The van der Waals surface area contributed by atoms with Crippen LogP contribution in [0.5, 0.6) is 11.5 Å². The monoisotopic (exact) mass is 471 g/mol. The first-order chi connectivity index (χ1) is 17.0. The average molecular weight is 472 g/mol. The van der Waals surface area contributed by atoms with Crippen molar-refractivity contribution < 1.29 is 19.1 Å². The number of hydrogen-bond acceptors (Lipinski definition) is 5. The predicted octanol–water partition coefficient (Wildman–Crippen LogP) is 5.03. The molecule has 0 aliphatic rings. The zero-order valence-corrected chi connectivity index (χ0v) is 19.9. The van der Waals surface area contributed by atoms with Crippen LogP contribution in [0.25, 0.3) is 11.0 Å². The Morgan fingerprint density at radius 1 is 1.00 bits per heavy atom. The molecule has 3 aromatic carbocycles. The summed E-state index contributed by atoms with van der Waals surface area (Å²) in [6, 6.07) is 22.7. The number of fused-ring (bicyclic) bond motifs is 1. The van der Waals surface area contributed by atoms with Crippen LogP contribution in [0.15, 0.2) is 72.8 Å². The van der Waals surface area contributed by atoms with E-state index in [1.54, 1.807) is 18.2 Å². The van der Waals surface area contributed by atoms with E-state index >= 15 is 0 Å². The number of aromatic nitrogens is 2. The fourth-order valence-corrected chi connectivity index (χ4v) is 3.89. The molecule has 0 fully saturated rings. The third-order valence-corrected chi connectivity index (χ3v) is 5.73. The Kier molecular flexibility index (Phi) is 7.77. The van der Waals surface area contributed by atoms with Gasteiger partial charge in [0.15, 0.2) is 17.3 Å². The van der Waals surface area contributed by atoms with E-state index < -0.39 is 0 Å². The summed E-state index contributed by atoms with van der Waals surface area (Å²) in [5, 5.41) is 3.13. The number of carbonyl (C=O) groups excluding carboxylic acids is 2. The number of carbonyl (C=O) groups is 2. The molecule has 0 aliphatic carbocycles. The van der Waals surface area contributed by atoms with Gasteiger partial charge in [-0.25, -0.2) is 4.98 Å². The van der Waals surface area contributed by atoms with E-state index in [2.05, 4.69) is 10.3 Å². The van der Waals surface area contributed by atoms with Gasteiger partial charge in [0.05, 0.1) is 30.8 Å². The van der Waals surface area contributed by atoms with Crippen molar-refractivity contribution in [2.45, 2.75) is 32.2 Å². The molecule has 1 atom stereocenters. The van der Waals surface area contributed by atoms with Crippen molar-refractivity contribution in [3.63, 3.8) is 0 Å². The first-order valence-electron chi connectivity index (χ1n) is 11.6. The van der Waals surface area contributed by atoms with Crippen molar-refractivity contribution in [2.24, 2.45) is 0 Å². The molecule has 0 saturated carbocycles. The highest BCUT2D eigenvalue weighted by atomic mass is 16.5. The van der Waals surface area contributed by atoms with Gasteiger partial charge in [0.2, 0.25) is 5.91 Å². The standard InChI is InChI=1S/C28H29N3O4/c1-19(32)21-14-15-25(26(18-21)34-2)35-16-8-13-27(33)29-24(17-20-9-4-3-5-10-20)28-30-22-11-6-7-12-23(22)31-28/h3-7,9-12,14-15,18,24H,8,13,16-17H2,1-2H3,(H,29,33)(H,30,31)/t24-/m0/s1. The lowest BCUT2D eigenvalue weighted by Crippen LogP contribution is -2.30. The van der Waals surface area contributed by atoms with Gasteiger partial charge in [-0.1, -0.05) is 42.5 Å². The molecule has 7 nitrogen and oxygen atoms in total. The number of Topliss-reactive ketones (excluding diaryl/α,β-unsaturated/α-hetero) is 1. The summed E-state index contributed by atoms with van der Waals surface area (Å²) in [4.78, 5) is 32.4. The van der Waals surface area contributed by atoms with Crippen LogP contribution in [0, 0.1) is 0 Å². The van der Waals surface area contributed by atoms with E-state index in [0.29, 0.717) is 42.9 Å². The summed E-state index contributed by atoms with van der Waals surface area (Å²) in [6.45, 7) is 1.85. The molecule has 35 heavy (non-hydrogen) atoms. The van der Waals surface area contributed by atoms with Crippen LogP contribution in [-0.4, -0.2) is 35.4 Å². The van der Waals surface area contributed by atoms with Gasteiger partial charge in [0.25, 0.3) is 0 Å². The van der Waals surface area contributed by atoms with Crippen LogP contribution in [0.1, 0.15) is 47.6 Å². The normalized spacial score (nSPS) is 11.7. The molecule has 7 heteroatoms. The Morgan fingerprint density at radius 2 is 1.77 bits per heavy atom. The highest BCUT2D eigenvalue weighted by Crippen LogP contribution is 2.28. The van der Waals surface area contributed by atoms with Gasteiger partial charge in [-0.05, 0) is 55.7 Å². The number of methoxy groups -OCH3 is 1. The minimum atomic E-state index is -0.280. The predicted molar refractivity (Wildman–Crippen MR) is 135 cm³/mol. The summed E-state index contributed by atoms with van der Waals surface area (Å²) in [5.41, 5.74) is 3.48. The van der Waals surface area contributed by atoms with Crippen molar-refractivity contribution in [1.29, 1.82) is 0 Å². The molecule has 2 N–H and O–H groups in total. The highest BCUT2D eigenvalue weighted by molar-refractivity contribution is 5.94. The molecule has 0 saturated heterocycles. The second kappa shape index (κ2) is 11.3. The zero-order valence-electron chi connectivity index (χ0n) is 19.9. The van der Waals surface area contributed by atoms with Crippen molar-refractivity contribution >= 4 is 22.7 Å². The SMILES string of the molecule is COc1cc(C(C)=O)ccc1OCCCC(=O)N[C@@H](Cc1ccccc1)c1nc2ccccc2[nH]1. The summed E-state index contributed by atoms with van der Waals surface area (Å²) >= 11 is 0. The van der Waals surface area contributed by atoms with Crippen LogP contribution in [-0.2, 0) is 11.2 Å². The third kappa shape index (κ3) is 6.26. The van der Waals surface area contributed by atoms with Crippen LogP contribution in [0.4, 0.5) is 0 Å². The number of nitrogens with one attached hydrogen (secondary N) is 2. The Bertz CT molecular complexity index is 1270. The average Bonchev–Trinajstić information content (AvgIpc) is 3.31. The fraction of sp³-hybridized carbons (Fsp3) is 0.250. The van der Waals surface area contributed by atoms with Crippen molar-refractivity contribution in [3.05, 3.63) is 89.7 Å². The molecule has 1 aromatic heterocycles. The van der Waals surface area contributed by atoms with E-state index in [1.165, 1.54) is 14.0 Å². The lowest BCUT2D eigenvalue weighted by molar-refractivity contribution is -0.122. The van der Waals surface area contributed by atoms with Gasteiger partial charge in [0, 0.05) is 12.0 Å². The molecule has 1 amide bonds.